The molecule has 1 amide bonds. The van der Waals surface area contributed by atoms with Crippen LogP contribution in [-0.2, 0) is 0 Å². The highest BCUT2D eigenvalue weighted by molar-refractivity contribution is 5.94. The van der Waals surface area contributed by atoms with Crippen LogP contribution in [0.3, 0.4) is 0 Å². The summed E-state index contributed by atoms with van der Waals surface area (Å²) in [7, 11) is 0. The molecule has 0 heterocycles. The van der Waals surface area contributed by atoms with Crippen molar-refractivity contribution in [1.82, 2.24) is 4.90 Å². The normalized spacial score (nSPS) is 10.6. The maximum atomic E-state index is 12.2. The topological polar surface area (TPSA) is 66.6 Å². The summed E-state index contributed by atoms with van der Waals surface area (Å²) in [4.78, 5) is 14.0. The molecule has 0 aliphatic heterocycles. The van der Waals surface area contributed by atoms with Crippen molar-refractivity contribution in [2.24, 2.45) is 0 Å². The minimum absolute atomic E-state index is 0.0200. The van der Waals surface area contributed by atoms with Crippen molar-refractivity contribution in [2.75, 3.05) is 18.9 Å². The second-order valence-electron chi connectivity index (χ2n) is 4.29. The first kappa shape index (κ1) is 13.5. The number of benzene rings is 1. The molecule has 0 saturated carbocycles. The van der Waals surface area contributed by atoms with Crippen LogP contribution in [0.4, 0.5) is 5.69 Å². The molecule has 0 spiro atoms. The third kappa shape index (κ3) is 3.75. The largest absolute Gasteiger partial charge is 0.399 e. The smallest absolute Gasteiger partial charge is 0.254 e. The molecule has 1 aromatic carbocycles. The van der Waals surface area contributed by atoms with Crippen LogP contribution >= 0.6 is 0 Å². The number of nitrogens with two attached hydrogens (primary N) is 1. The Morgan fingerprint density at radius 2 is 1.94 bits per heavy atom. The fourth-order valence-corrected chi connectivity index (χ4v) is 1.63. The minimum Gasteiger partial charge on any atom is -0.399 e. The molecular formula is C13H20N2O2. The molecule has 0 aromatic heterocycles. The van der Waals surface area contributed by atoms with E-state index in [4.69, 9.17) is 10.8 Å². The Labute approximate surface area is 102 Å². The van der Waals surface area contributed by atoms with E-state index < -0.39 is 0 Å². The molecule has 0 atom stereocenters. The first-order valence-electron chi connectivity index (χ1n) is 5.83. The van der Waals surface area contributed by atoms with Gasteiger partial charge in [-0.2, -0.15) is 0 Å². The molecule has 1 aromatic rings. The Bertz CT molecular complexity index is 360. The van der Waals surface area contributed by atoms with Gasteiger partial charge in [0.2, 0.25) is 0 Å². The second kappa shape index (κ2) is 6.25. The molecule has 0 bridgehead atoms. The van der Waals surface area contributed by atoms with E-state index in [0.29, 0.717) is 24.2 Å². The maximum Gasteiger partial charge on any atom is 0.254 e. The molecule has 3 N–H and O–H groups in total. The number of hydrogen-bond acceptors (Lipinski definition) is 3. The van der Waals surface area contributed by atoms with Crippen molar-refractivity contribution < 1.29 is 9.90 Å². The van der Waals surface area contributed by atoms with Crippen LogP contribution in [0.2, 0.25) is 0 Å². The molecule has 4 heteroatoms. The second-order valence-corrected chi connectivity index (χ2v) is 4.29. The maximum absolute atomic E-state index is 12.2. The summed E-state index contributed by atoms with van der Waals surface area (Å²) >= 11 is 0. The quantitative estimate of drug-likeness (QED) is 0.761. The Morgan fingerprint density at radius 1 is 1.35 bits per heavy atom. The number of rotatable bonds is 5. The number of hydrogen-bond donors (Lipinski definition) is 2. The van der Waals surface area contributed by atoms with E-state index in [9.17, 15) is 4.79 Å². The molecule has 0 saturated heterocycles. The number of nitrogen functional groups attached to an aromatic ring is 1. The zero-order valence-electron chi connectivity index (χ0n) is 10.4. The van der Waals surface area contributed by atoms with Crippen LogP contribution in [0.1, 0.15) is 30.6 Å². The summed E-state index contributed by atoms with van der Waals surface area (Å²) in [6.45, 7) is 4.59. The monoisotopic (exact) mass is 236 g/mol. The van der Waals surface area contributed by atoms with Gasteiger partial charge in [0.25, 0.3) is 5.91 Å². The van der Waals surface area contributed by atoms with Gasteiger partial charge >= 0.3 is 0 Å². The van der Waals surface area contributed by atoms with Gasteiger partial charge in [-0.15, -0.1) is 0 Å². The van der Waals surface area contributed by atoms with E-state index in [2.05, 4.69) is 0 Å². The third-order valence-electron chi connectivity index (χ3n) is 2.60. The van der Waals surface area contributed by atoms with Gasteiger partial charge in [-0.05, 0) is 44.5 Å². The highest BCUT2D eigenvalue weighted by Crippen LogP contribution is 2.11. The summed E-state index contributed by atoms with van der Waals surface area (Å²) < 4.78 is 0. The van der Waals surface area contributed by atoms with Crippen molar-refractivity contribution in [3.8, 4) is 0 Å². The lowest BCUT2D eigenvalue weighted by Crippen LogP contribution is -2.38. The van der Waals surface area contributed by atoms with Crippen molar-refractivity contribution in [3.63, 3.8) is 0 Å². The van der Waals surface area contributed by atoms with E-state index >= 15 is 0 Å². The Hall–Kier alpha value is -1.55. The number of carbonyl (C=O) groups is 1. The van der Waals surface area contributed by atoms with Gasteiger partial charge in [0.15, 0.2) is 0 Å². The molecular weight excluding hydrogens is 216 g/mol. The number of aliphatic hydroxyl groups is 1. The van der Waals surface area contributed by atoms with Gasteiger partial charge in [0.1, 0.15) is 0 Å². The van der Waals surface area contributed by atoms with Crippen molar-refractivity contribution in [2.45, 2.75) is 26.3 Å². The third-order valence-corrected chi connectivity index (χ3v) is 2.60. The molecule has 0 radical (unpaired) electrons. The minimum atomic E-state index is -0.0200. The number of nitrogens with zero attached hydrogens (tertiary/aromatic N) is 1. The lowest BCUT2D eigenvalue weighted by atomic mass is 10.1. The van der Waals surface area contributed by atoms with Crippen molar-refractivity contribution in [1.29, 1.82) is 0 Å². The summed E-state index contributed by atoms with van der Waals surface area (Å²) in [5.74, 6) is -0.0200. The molecule has 94 valence electrons. The van der Waals surface area contributed by atoms with Crippen molar-refractivity contribution in [3.05, 3.63) is 29.8 Å². The Kier molecular flexibility index (Phi) is 4.97. The van der Waals surface area contributed by atoms with E-state index in [1.165, 1.54) is 0 Å². The zero-order chi connectivity index (χ0) is 12.8. The van der Waals surface area contributed by atoms with Gasteiger partial charge in [-0.3, -0.25) is 4.79 Å². The molecule has 17 heavy (non-hydrogen) atoms. The van der Waals surface area contributed by atoms with Crippen LogP contribution in [0.15, 0.2) is 24.3 Å². The van der Waals surface area contributed by atoms with E-state index in [0.717, 1.165) is 0 Å². The SMILES string of the molecule is CC(C)N(CCCO)C(=O)c1ccc(N)cc1. The lowest BCUT2D eigenvalue weighted by Gasteiger charge is -2.26. The highest BCUT2D eigenvalue weighted by Gasteiger charge is 2.17. The lowest BCUT2D eigenvalue weighted by molar-refractivity contribution is 0.0693. The van der Waals surface area contributed by atoms with E-state index in [1.54, 1.807) is 29.2 Å². The number of aliphatic hydroxyl groups excluding tert-OH is 1. The predicted molar refractivity (Wildman–Crippen MR) is 68.7 cm³/mol. The summed E-state index contributed by atoms with van der Waals surface area (Å²) in [5, 5.41) is 8.83. The van der Waals surface area contributed by atoms with Crippen LogP contribution in [-0.4, -0.2) is 35.1 Å². The standard InChI is InChI=1S/C13H20N2O2/c1-10(2)15(8-3-9-16)13(17)11-4-6-12(14)7-5-11/h4-7,10,16H,3,8-9,14H2,1-2H3. The number of carbonyl (C=O) groups excluding carboxylic acids is 1. The summed E-state index contributed by atoms with van der Waals surface area (Å²) in [5.41, 5.74) is 6.86. The van der Waals surface area contributed by atoms with Crippen LogP contribution in [0, 0.1) is 0 Å². The fraction of sp³-hybridized carbons (Fsp3) is 0.462. The summed E-state index contributed by atoms with van der Waals surface area (Å²) in [6, 6.07) is 7.01. The molecule has 1 rings (SSSR count). The van der Waals surface area contributed by atoms with Gasteiger partial charge < -0.3 is 15.7 Å². The average Bonchev–Trinajstić information content (AvgIpc) is 2.29. The van der Waals surface area contributed by atoms with E-state index in [-0.39, 0.29) is 18.6 Å². The van der Waals surface area contributed by atoms with Crippen molar-refractivity contribution >= 4 is 11.6 Å². The Morgan fingerprint density at radius 3 is 2.41 bits per heavy atom. The van der Waals surface area contributed by atoms with Crippen LogP contribution < -0.4 is 5.73 Å². The Balaban J connectivity index is 2.80. The van der Waals surface area contributed by atoms with E-state index in [1.807, 2.05) is 13.8 Å². The molecule has 0 unspecified atom stereocenters. The van der Waals surface area contributed by atoms with Gasteiger partial charge in [0.05, 0.1) is 0 Å². The molecule has 0 aliphatic rings. The van der Waals surface area contributed by atoms with Crippen LogP contribution in [0.25, 0.3) is 0 Å². The first-order valence-corrected chi connectivity index (χ1v) is 5.83. The van der Waals surface area contributed by atoms with Gasteiger partial charge in [0, 0.05) is 30.4 Å². The molecule has 4 nitrogen and oxygen atoms in total. The van der Waals surface area contributed by atoms with Gasteiger partial charge in [-0.1, -0.05) is 0 Å². The number of anilines is 1. The average molecular weight is 236 g/mol. The first-order chi connectivity index (χ1) is 8.06. The predicted octanol–water partition coefficient (Wildman–Crippen LogP) is 1.50. The zero-order valence-corrected chi connectivity index (χ0v) is 10.4. The molecule has 0 fully saturated rings. The fourth-order valence-electron chi connectivity index (χ4n) is 1.63. The number of amides is 1. The summed E-state index contributed by atoms with van der Waals surface area (Å²) in [6.07, 6.45) is 0.596. The van der Waals surface area contributed by atoms with Crippen LogP contribution in [0.5, 0.6) is 0 Å². The highest BCUT2D eigenvalue weighted by atomic mass is 16.3. The molecule has 0 aliphatic carbocycles. The van der Waals surface area contributed by atoms with Gasteiger partial charge in [-0.25, -0.2) is 0 Å².